The molecular weight excluding hydrogens is 224 g/mol. The lowest BCUT2D eigenvalue weighted by Crippen LogP contribution is -2.03. The summed E-state index contributed by atoms with van der Waals surface area (Å²) in [4.78, 5) is 4.63. The van der Waals surface area contributed by atoms with Crippen LogP contribution in [0.15, 0.2) is 24.4 Å². The molecule has 0 aromatic carbocycles. The van der Waals surface area contributed by atoms with Gasteiger partial charge in [0.05, 0.1) is 17.9 Å². The minimum absolute atomic E-state index is 0.375. The average Bonchev–Trinajstić information content (AvgIpc) is 2.87. The van der Waals surface area contributed by atoms with Gasteiger partial charge in [0.25, 0.3) is 0 Å². The largest absolute Gasteiger partial charge is 0.251 e. The van der Waals surface area contributed by atoms with E-state index in [1.807, 2.05) is 29.1 Å². The molecule has 0 aliphatic rings. The summed E-state index contributed by atoms with van der Waals surface area (Å²) in [6.07, 6.45) is 3.02. The summed E-state index contributed by atoms with van der Waals surface area (Å²) in [6, 6.07) is 6.43. The monoisotopic (exact) mass is 244 g/mol. The van der Waals surface area contributed by atoms with Crippen LogP contribution in [0, 0.1) is 0 Å². The highest BCUT2D eigenvalue weighted by atomic mass is 15.4. The lowest BCUT2D eigenvalue weighted by Gasteiger charge is -2.06. The van der Waals surface area contributed by atoms with Crippen molar-refractivity contribution < 1.29 is 0 Å². The van der Waals surface area contributed by atoms with E-state index in [-0.39, 0.29) is 0 Å². The van der Waals surface area contributed by atoms with Crippen LogP contribution in [0.1, 0.15) is 51.8 Å². The van der Waals surface area contributed by atoms with Crippen molar-refractivity contribution in [1.29, 1.82) is 0 Å². The first-order valence-electron chi connectivity index (χ1n) is 6.51. The second-order valence-electron chi connectivity index (χ2n) is 4.94. The average molecular weight is 244 g/mol. The molecule has 0 saturated carbocycles. The van der Waals surface area contributed by atoms with Crippen LogP contribution in [-0.2, 0) is 0 Å². The zero-order valence-electron chi connectivity index (χ0n) is 11.5. The Kier molecular flexibility index (Phi) is 3.75. The van der Waals surface area contributed by atoms with Crippen molar-refractivity contribution in [2.75, 3.05) is 0 Å². The van der Waals surface area contributed by atoms with Crippen LogP contribution in [0.4, 0.5) is 0 Å². The molecule has 96 valence electrons. The quantitative estimate of drug-likeness (QED) is 0.827. The molecule has 1 unspecified atom stereocenters. The maximum atomic E-state index is 4.63. The molecule has 0 bridgehead atoms. The molecule has 0 amide bonds. The number of aromatic nitrogens is 4. The van der Waals surface area contributed by atoms with Crippen LogP contribution < -0.4 is 0 Å². The molecule has 2 rings (SSSR count). The van der Waals surface area contributed by atoms with E-state index >= 15 is 0 Å². The van der Waals surface area contributed by atoms with Crippen LogP contribution in [0.25, 0.3) is 11.4 Å². The second kappa shape index (κ2) is 5.29. The van der Waals surface area contributed by atoms with Crippen molar-refractivity contribution in [3.05, 3.63) is 30.1 Å². The molecule has 2 heterocycles. The number of hydrogen-bond acceptors (Lipinski definition) is 3. The molecule has 18 heavy (non-hydrogen) atoms. The standard InChI is InChI=1S/C14H20N4/c1-5-11(4)18-9-14(16-17-18)13-8-6-7-12(15-13)10(2)3/h6-11H,5H2,1-4H3. The van der Waals surface area contributed by atoms with E-state index in [0.717, 1.165) is 23.5 Å². The number of pyridine rings is 1. The summed E-state index contributed by atoms with van der Waals surface area (Å²) in [6.45, 7) is 8.56. The van der Waals surface area contributed by atoms with Crippen molar-refractivity contribution in [3.8, 4) is 11.4 Å². The van der Waals surface area contributed by atoms with Crippen LogP contribution in [0.3, 0.4) is 0 Å². The van der Waals surface area contributed by atoms with Gasteiger partial charge in [0.1, 0.15) is 5.69 Å². The Morgan fingerprint density at radius 3 is 2.61 bits per heavy atom. The molecule has 0 aliphatic heterocycles. The first-order valence-corrected chi connectivity index (χ1v) is 6.51. The van der Waals surface area contributed by atoms with Gasteiger partial charge in [-0.2, -0.15) is 0 Å². The van der Waals surface area contributed by atoms with Crippen molar-refractivity contribution in [1.82, 2.24) is 20.0 Å². The van der Waals surface area contributed by atoms with Gasteiger partial charge in [0, 0.05) is 5.69 Å². The predicted octanol–water partition coefficient (Wildman–Crippen LogP) is 3.43. The van der Waals surface area contributed by atoms with Gasteiger partial charge in [0.15, 0.2) is 0 Å². The van der Waals surface area contributed by atoms with Gasteiger partial charge >= 0.3 is 0 Å². The summed E-state index contributed by atoms with van der Waals surface area (Å²) < 4.78 is 1.90. The molecule has 4 heteroatoms. The van der Waals surface area contributed by atoms with E-state index in [9.17, 15) is 0 Å². The van der Waals surface area contributed by atoms with Crippen LogP contribution in [-0.4, -0.2) is 20.0 Å². The van der Waals surface area contributed by atoms with Crippen molar-refractivity contribution in [2.24, 2.45) is 0 Å². The van der Waals surface area contributed by atoms with E-state index in [1.165, 1.54) is 0 Å². The molecule has 0 aliphatic carbocycles. The molecule has 0 radical (unpaired) electrons. The third-order valence-electron chi connectivity index (χ3n) is 3.18. The van der Waals surface area contributed by atoms with E-state index in [1.54, 1.807) is 0 Å². The van der Waals surface area contributed by atoms with Crippen LogP contribution >= 0.6 is 0 Å². The Morgan fingerprint density at radius 2 is 1.94 bits per heavy atom. The summed E-state index contributed by atoms with van der Waals surface area (Å²) in [5.41, 5.74) is 2.83. The minimum Gasteiger partial charge on any atom is -0.251 e. The summed E-state index contributed by atoms with van der Waals surface area (Å²) in [7, 11) is 0. The smallest absolute Gasteiger partial charge is 0.131 e. The third-order valence-corrected chi connectivity index (χ3v) is 3.18. The van der Waals surface area contributed by atoms with Gasteiger partial charge in [-0.3, -0.25) is 4.98 Å². The van der Waals surface area contributed by atoms with Gasteiger partial charge in [-0.25, -0.2) is 4.68 Å². The normalized spacial score (nSPS) is 12.9. The highest BCUT2D eigenvalue weighted by molar-refractivity contribution is 5.52. The lowest BCUT2D eigenvalue weighted by atomic mass is 10.1. The molecule has 2 aromatic heterocycles. The molecule has 2 aromatic rings. The third kappa shape index (κ3) is 2.58. The molecule has 0 N–H and O–H groups in total. The van der Waals surface area contributed by atoms with Crippen molar-refractivity contribution in [2.45, 2.75) is 46.1 Å². The first-order chi connectivity index (χ1) is 8.61. The van der Waals surface area contributed by atoms with E-state index in [0.29, 0.717) is 12.0 Å². The van der Waals surface area contributed by atoms with Gasteiger partial charge in [0.2, 0.25) is 0 Å². The van der Waals surface area contributed by atoms with E-state index in [4.69, 9.17) is 0 Å². The lowest BCUT2D eigenvalue weighted by molar-refractivity contribution is 0.464. The summed E-state index contributed by atoms with van der Waals surface area (Å²) in [5, 5.41) is 8.37. The topological polar surface area (TPSA) is 43.6 Å². The van der Waals surface area contributed by atoms with Gasteiger partial charge in [-0.1, -0.05) is 32.1 Å². The zero-order chi connectivity index (χ0) is 13.1. The van der Waals surface area contributed by atoms with Crippen molar-refractivity contribution >= 4 is 0 Å². The Hall–Kier alpha value is -1.71. The SMILES string of the molecule is CCC(C)n1cc(-c2cccc(C(C)C)n2)nn1. The predicted molar refractivity (Wildman–Crippen MR) is 72.3 cm³/mol. The van der Waals surface area contributed by atoms with E-state index < -0.39 is 0 Å². The summed E-state index contributed by atoms with van der Waals surface area (Å²) >= 11 is 0. The number of nitrogens with zero attached hydrogens (tertiary/aromatic N) is 4. The van der Waals surface area contributed by atoms with Gasteiger partial charge in [-0.05, 0) is 31.4 Å². The van der Waals surface area contributed by atoms with Gasteiger partial charge in [-0.15, -0.1) is 5.10 Å². The second-order valence-corrected chi connectivity index (χ2v) is 4.94. The highest BCUT2D eigenvalue weighted by Gasteiger charge is 2.10. The minimum atomic E-state index is 0.375. The molecular formula is C14H20N4. The Labute approximate surface area is 108 Å². The summed E-state index contributed by atoms with van der Waals surface area (Å²) in [5.74, 6) is 0.426. The molecule has 0 spiro atoms. The first kappa shape index (κ1) is 12.7. The Bertz CT molecular complexity index is 516. The maximum Gasteiger partial charge on any atom is 0.131 e. The van der Waals surface area contributed by atoms with E-state index in [2.05, 4.69) is 43.0 Å². The number of rotatable bonds is 4. The molecule has 0 fully saturated rings. The highest BCUT2D eigenvalue weighted by Crippen LogP contribution is 2.19. The molecule has 4 nitrogen and oxygen atoms in total. The molecule has 0 saturated heterocycles. The number of hydrogen-bond donors (Lipinski definition) is 0. The molecule has 1 atom stereocenters. The fourth-order valence-electron chi connectivity index (χ4n) is 1.71. The zero-order valence-corrected chi connectivity index (χ0v) is 11.5. The Balaban J connectivity index is 2.31. The van der Waals surface area contributed by atoms with Gasteiger partial charge < -0.3 is 0 Å². The fraction of sp³-hybridized carbons (Fsp3) is 0.500. The Morgan fingerprint density at radius 1 is 1.17 bits per heavy atom. The van der Waals surface area contributed by atoms with Crippen LogP contribution in [0.2, 0.25) is 0 Å². The fourth-order valence-corrected chi connectivity index (χ4v) is 1.71. The van der Waals surface area contributed by atoms with Crippen LogP contribution in [0.5, 0.6) is 0 Å². The van der Waals surface area contributed by atoms with Crippen molar-refractivity contribution in [3.63, 3.8) is 0 Å². The maximum absolute atomic E-state index is 4.63.